The van der Waals surface area contributed by atoms with Crippen LogP contribution in [0.2, 0.25) is 0 Å². The minimum atomic E-state index is -0.642. The van der Waals surface area contributed by atoms with E-state index in [1.165, 1.54) is 5.56 Å². The average Bonchev–Trinajstić information content (AvgIpc) is 3.19. The highest BCUT2D eigenvalue weighted by Crippen LogP contribution is 2.34. The number of cyclic esters (lactones) is 1. The van der Waals surface area contributed by atoms with Crippen molar-refractivity contribution in [2.24, 2.45) is 5.73 Å². The maximum absolute atomic E-state index is 12.9. The van der Waals surface area contributed by atoms with Crippen molar-refractivity contribution in [3.63, 3.8) is 0 Å². The molecule has 0 aromatic heterocycles. The van der Waals surface area contributed by atoms with Gasteiger partial charge in [-0.1, -0.05) is 30.3 Å². The molecule has 0 spiro atoms. The van der Waals surface area contributed by atoms with Crippen molar-refractivity contribution in [2.45, 2.75) is 81.6 Å². The van der Waals surface area contributed by atoms with Crippen molar-refractivity contribution in [3.05, 3.63) is 35.9 Å². The molecule has 2 heterocycles. The van der Waals surface area contributed by atoms with Crippen molar-refractivity contribution < 1.29 is 19.1 Å². The van der Waals surface area contributed by atoms with E-state index in [1.54, 1.807) is 0 Å². The molecule has 1 saturated carbocycles. The van der Waals surface area contributed by atoms with Gasteiger partial charge in [0.2, 0.25) is 0 Å². The van der Waals surface area contributed by atoms with Gasteiger partial charge in [0.25, 0.3) is 5.91 Å². The largest absolute Gasteiger partial charge is 0.452 e. The Kier molecular flexibility index (Phi) is 6.50. The van der Waals surface area contributed by atoms with Gasteiger partial charge in [0, 0.05) is 25.4 Å². The molecule has 1 aliphatic carbocycles. The Hall–Kier alpha value is -1.92. The summed E-state index contributed by atoms with van der Waals surface area (Å²) in [4.78, 5) is 26.1. The molecule has 158 valence electrons. The molecular weight excluding hydrogens is 368 g/mol. The van der Waals surface area contributed by atoms with Gasteiger partial charge in [-0.2, -0.15) is 0 Å². The summed E-state index contributed by atoms with van der Waals surface area (Å²) >= 11 is 0. The van der Waals surface area contributed by atoms with Crippen LogP contribution < -0.4 is 5.73 Å². The summed E-state index contributed by atoms with van der Waals surface area (Å²) in [6, 6.07) is 10.5. The number of carbonyl (C=O) groups is 2. The van der Waals surface area contributed by atoms with Gasteiger partial charge in [0.05, 0.1) is 18.8 Å². The lowest BCUT2D eigenvalue weighted by molar-refractivity contribution is -0.156. The number of amides is 1. The van der Waals surface area contributed by atoms with Crippen LogP contribution in [-0.4, -0.2) is 54.2 Å². The topological polar surface area (TPSA) is 81.9 Å². The molecule has 3 aliphatic rings. The van der Waals surface area contributed by atoms with E-state index in [9.17, 15) is 9.59 Å². The van der Waals surface area contributed by atoms with Gasteiger partial charge in [-0.05, 0) is 50.0 Å². The molecule has 3 fully saturated rings. The molecule has 2 N–H and O–H groups in total. The average molecular weight is 401 g/mol. The van der Waals surface area contributed by atoms with Crippen LogP contribution in [-0.2, 0) is 19.1 Å². The third kappa shape index (κ3) is 4.81. The first-order valence-corrected chi connectivity index (χ1v) is 11.0. The zero-order valence-corrected chi connectivity index (χ0v) is 17.0. The summed E-state index contributed by atoms with van der Waals surface area (Å²) in [5.41, 5.74) is 7.78. The standard InChI is InChI=1S/C23H32N2O4/c24-19-7-4-14-25(23(27)21-12-13-22(26)29-21)20(19)15-28-18-10-8-17(9-11-18)16-5-2-1-3-6-16/h1-3,5-6,17-21H,4,7-15,24H2/t17-,18+,19-,20-,21-/m0/s1. The van der Waals surface area contributed by atoms with E-state index < -0.39 is 6.10 Å². The number of rotatable bonds is 5. The van der Waals surface area contributed by atoms with Crippen molar-refractivity contribution in [1.29, 1.82) is 0 Å². The number of benzene rings is 1. The molecule has 29 heavy (non-hydrogen) atoms. The van der Waals surface area contributed by atoms with E-state index in [0.29, 0.717) is 31.9 Å². The third-order valence-electron chi connectivity index (χ3n) is 6.72. The number of likely N-dealkylation sites (tertiary alicyclic amines) is 1. The fourth-order valence-electron chi connectivity index (χ4n) is 4.98. The summed E-state index contributed by atoms with van der Waals surface area (Å²) < 4.78 is 11.5. The fourth-order valence-corrected chi connectivity index (χ4v) is 4.98. The van der Waals surface area contributed by atoms with Crippen LogP contribution in [0.25, 0.3) is 0 Å². The zero-order valence-electron chi connectivity index (χ0n) is 17.0. The summed E-state index contributed by atoms with van der Waals surface area (Å²) in [6.07, 6.45) is 6.49. The Morgan fingerprint density at radius 1 is 1.10 bits per heavy atom. The van der Waals surface area contributed by atoms with Gasteiger partial charge < -0.3 is 20.1 Å². The molecular formula is C23H32N2O4. The van der Waals surface area contributed by atoms with Crippen LogP contribution in [0.3, 0.4) is 0 Å². The maximum atomic E-state index is 12.9. The van der Waals surface area contributed by atoms with E-state index in [2.05, 4.69) is 30.3 Å². The number of nitrogens with zero attached hydrogens (tertiary/aromatic N) is 1. The quantitative estimate of drug-likeness (QED) is 0.769. The third-order valence-corrected chi connectivity index (χ3v) is 6.72. The smallest absolute Gasteiger partial charge is 0.306 e. The van der Waals surface area contributed by atoms with Crippen molar-refractivity contribution in [3.8, 4) is 0 Å². The van der Waals surface area contributed by atoms with Crippen LogP contribution in [0, 0.1) is 0 Å². The highest BCUT2D eigenvalue weighted by atomic mass is 16.6. The van der Waals surface area contributed by atoms with Crippen molar-refractivity contribution in [1.82, 2.24) is 4.90 Å². The van der Waals surface area contributed by atoms with Crippen molar-refractivity contribution >= 4 is 11.9 Å². The predicted molar refractivity (Wildman–Crippen MR) is 109 cm³/mol. The highest BCUT2D eigenvalue weighted by molar-refractivity contribution is 5.86. The summed E-state index contributed by atoms with van der Waals surface area (Å²) in [5, 5.41) is 0. The molecule has 1 aromatic rings. The summed E-state index contributed by atoms with van der Waals surface area (Å²) in [6.45, 7) is 1.13. The fraction of sp³-hybridized carbons (Fsp3) is 0.652. The van der Waals surface area contributed by atoms with Gasteiger partial charge in [-0.15, -0.1) is 0 Å². The van der Waals surface area contributed by atoms with Crippen LogP contribution in [0.5, 0.6) is 0 Å². The van der Waals surface area contributed by atoms with Gasteiger partial charge >= 0.3 is 5.97 Å². The monoisotopic (exact) mass is 400 g/mol. The van der Waals surface area contributed by atoms with Crippen LogP contribution in [0.15, 0.2) is 30.3 Å². The first-order valence-electron chi connectivity index (χ1n) is 11.0. The van der Waals surface area contributed by atoms with Gasteiger partial charge in [-0.3, -0.25) is 9.59 Å². The molecule has 6 nitrogen and oxygen atoms in total. The number of carbonyl (C=O) groups excluding carboxylic acids is 2. The molecule has 4 rings (SSSR count). The Balaban J connectivity index is 1.30. The zero-order chi connectivity index (χ0) is 20.2. The molecule has 3 atom stereocenters. The highest BCUT2D eigenvalue weighted by Gasteiger charge is 2.39. The Labute approximate surface area is 172 Å². The molecule has 2 aliphatic heterocycles. The molecule has 0 bridgehead atoms. The Morgan fingerprint density at radius 3 is 2.55 bits per heavy atom. The van der Waals surface area contributed by atoms with Crippen LogP contribution in [0.1, 0.15) is 62.8 Å². The molecule has 0 radical (unpaired) electrons. The van der Waals surface area contributed by atoms with E-state index in [-0.39, 0.29) is 30.1 Å². The van der Waals surface area contributed by atoms with E-state index in [1.807, 2.05) is 4.90 Å². The van der Waals surface area contributed by atoms with E-state index >= 15 is 0 Å². The molecule has 0 unspecified atom stereocenters. The number of esters is 1. The second kappa shape index (κ2) is 9.26. The van der Waals surface area contributed by atoms with E-state index in [4.69, 9.17) is 15.2 Å². The van der Waals surface area contributed by atoms with Crippen molar-refractivity contribution in [2.75, 3.05) is 13.2 Å². The minimum Gasteiger partial charge on any atom is -0.452 e. The molecule has 2 saturated heterocycles. The first-order chi connectivity index (χ1) is 14.1. The number of nitrogens with two attached hydrogens (primary N) is 1. The number of piperidine rings is 1. The van der Waals surface area contributed by atoms with Crippen LogP contribution >= 0.6 is 0 Å². The number of hydrogen-bond donors (Lipinski definition) is 1. The normalized spacial score (nSPS) is 32.8. The first kappa shape index (κ1) is 20.4. The lowest BCUT2D eigenvalue weighted by atomic mass is 9.83. The molecule has 6 heteroatoms. The lowest BCUT2D eigenvalue weighted by Crippen LogP contribution is -2.58. The second-order valence-electron chi connectivity index (χ2n) is 8.64. The van der Waals surface area contributed by atoms with E-state index in [0.717, 1.165) is 38.5 Å². The second-order valence-corrected chi connectivity index (χ2v) is 8.64. The number of ether oxygens (including phenoxy) is 2. The Bertz CT molecular complexity index is 702. The maximum Gasteiger partial charge on any atom is 0.306 e. The lowest BCUT2D eigenvalue weighted by Gasteiger charge is -2.41. The van der Waals surface area contributed by atoms with Gasteiger partial charge in [0.1, 0.15) is 0 Å². The predicted octanol–water partition coefficient (Wildman–Crippen LogP) is 2.75. The molecule has 1 amide bonds. The Morgan fingerprint density at radius 2 is 1.86 bits per heavy atom. The summed E-state index contributed by atoms with van der Waals surface area (Å²) in [5.74, 6) is 0.225. The van der Waals surface area contributed by atoms with Crippen LogP contribution in [0.4, 0.5) is 0 Å². The van der Waals surface area contributed by atoms with Gasteiger partial charge in [-0.25, -0.2) is 0 Å². The molecule has 1 aromatic carbocycles. The van der Waals surface area contributed by atoms with Gasteiger partial charge in [0.15, 0.2) is 6.10 Å². The minimum absolute atomic E-state index is 0.0922. The summed E-state index contributed by atoms with van der Waals surface area (Å²) in [7, 11) is 0. The number of hydrogen-bond acceptors (Lipinski definition) is 5. The SMILES string of the molecule is N[C@H]1CCCN(C(=O)[C@@H]2CCC(=O)O2)[C@H]1CO[C@H]1CC[C@@H](c2ccccc2)CC1.